The van der Waals surface area contributed by atoms with Crippen LogP contribution < -0.4 is 0 Å². The molecule has 0 bridgehead atoms. The fourth-order valence-electron chi connectivity index (χ4n) is 2.29. The average Bonchev–Trinajstić information content (AvgIpc) is 2.52. The first-order valence-corrected chi connectivity index (χ1v) is 9.68. The first kappa shape index (κ1) is 23.5. The SMILES string of the molecule is CCC#CC(CC(C)C)OC(=O)CCCCC(=O)OCCCC(C)C. The third kappa shape index (κ3) is 15.8. The molecule has 0 aliphatic rings. The number of rotatable bonds is 12. The molecule has 0 aliphatic carbocycles. The van der Waals surface area contributed by atoms with Gasteiger partial charge in [-0.05, 0) is 43.9 Å². The summed E-state index contributed by atoms with van der Waals surface area (Å²) in [6.45, 7) is 10.9. The van der Waals surface area contributed by atoms with E-state index in [1.165, 1.54) is 0 Å². The molecule has 4 nitrogen and oxygen atoms in total. The molecule has 1 atom stereocenters. The normalized spacial score (nSPS) is 11.8. The molecule has 0 aliphatic heterocycles. The lowest BCUT2D eigenvalue weighted by atomic mass is 10.1. The number of carbonyl (C=O) groups is 2. The third-order valence-corrected chi connectivity index (χ3v) is 3.60. The Bertz CT molecular complexity index is 429. The summed E-state index contributed by atoms with van der Waals surface area (Å²) in [6.07, 6.45) is 5.13. The van der Waals surface area contributed by atoms with Gasteiger partial charge in [0.05, 0.1) is 6.61 Å². The number of hydrogen-bond donors (Lipinski definition) is 0. The number of unbranched alkanes of at least 4 members (excludes halogenated alkanes) is 1. The molecule has 4 heteroatoms. The summed E-state index contributed by atoms with van der Waals surface area (Å²) in [5.41, 5.74) is 0. The lowest BCUT2D eigenvalue weighted by Gasteiger charge is -2.14. The summed E-state index contributed by atoms with van der Waals surface area (Å²) in [5, 5.41) is 0. The van der Waals surface area contributed by atoms with Crippen LogP contribution in [0, 0.1) is 23.7 Å². The molecular formula is C21H36O4. The maximum absolute atomic E-state index is 11.9. The van der Waals surface area contributed by atoms with Gasteiger partial charge in [0.1, 0.15) is 0 Å². The van der Waals surface area contributed by atoms with Gasteiger partial charge in [-0.2, -0.15) is 0 Å². The summed E-state index contributed by atoms with van der Waals surface area (Å²) >= 11 is 0. The van der Waals surface area contributed by atoms with E-state index in [1.807, 2.05) is 6.92 Å². The van der Waals surface area contributed by atoms with E-state index in [4.69, 9.17) is 9.47 Å². The molecule has 0 spiro atoms. The van der Waals surface area contributed by atoms with E-state index < -0.39 is 0 Å². The second kappa shape index (κ2) is 14.8. The van der Waals surface area contributed by atoms with Gasteiger partial charge in [-0.1, -0.05) is 46.5 Å². The zero-order chi connectivity index (χ0) is 19.1. The van der Waals surface area contributed by atoms with Crippen molar-refractivity contribution in [2.45, 2.75) is 92.1 Å². The molecule has 0 N–H and O–H groups in total. The minimum absolute atomic E-state index is 0.177. The van der Waals surface area contributed by atoms with Crippen molar-refractivity contribution in [1.82, 2.24) is 0 Å². The highest BCUT2D eigenvalue weighted by Gasteiger charge is 2.14. The summed E-state index contributed by atoms with van der Waals surface area (Å²) < 4.78 is 10.6. The second-order valence-corrected chi connectivity index (χ2v) is 7.25. The zero-order valence-corrected chi connectivity index (χ0v) is 16.7. The van der Waals surface area contributed by atoms with Gasteiger partial charge in [0.15, 0.2) is 6.10 Å². The first-order valence-electron chi connectivity index (χ1n) is 9.68. The fraction of sp³-hybridized carbons (Fsp3) is 0.810. The minimum atomic E-state index is -0.321. The van der Waals surface area contributed by atoms with E-state index in [1.54, 1.807) is 0 Å². The summed E-state index contributed by atoms with van der Waals surface area (Å²) in [6, 6.07) is 0. The number of ether oxygens (including phenoxy) is 2. The Labute approximate surface area is 154 Å². The standard InChI is InChI=1S/C21H36O4/c1-6-7-12-19(16-18(4)5)25-21(23)14-9-8-13-20(22)24-15-10-11-17(2)3/h17-19H,6,8-11,13-16H2,1-5H3. The highest BCUT2D eigenvalue weighted by atomic mass is 16.5. The van der Waals surface area contributed by atoms with Crippen molar-refractivity contribution in [3.63, 3.8) is 0 Å². The van der Waals surface area contributed by atoms with Crippen molar-refractivity contribution in [2.75, 3.05) is 6.61 Å². The molecule has 0 saturated carbocycles. The van der Waals surface area contributed by atoms with Crippen LogP contribution in [0.15, 0.2) is 0 Å². The van der Waals surface area contributed by atoms with E-state index in [-0.39, 0.29) is 18.0 Å². The van der Waals surface area contributed by atoms with E-state index in [0.717, 1.165) is 25.7 Å². The van der Waals surface area contributed by atoms with Gasteiger partial charge in [-0.3, -0.25) is 9.59 Å². The first-order chi connectivity index (χ1) is 11.8. The summed E-state index contributed by atoms with van der Waals surface area (Å²) in [5.74, 6) is 6.64. The van der Waals surface area contributed by atoms with Gasteiger partial charge in [0.2, 0.25) is 0 Å². The Morgan fingerprint density at radius 3 is 2.12 bits per heavy atom. The average molecular weight is 353 g/mol. The monoisotopic (exact) mass is 352 g/mol. The van der Waals surface area contributed by atoms with Gasteiger partial charge < -0.3 is 9.47 Å². The van der Waals surface area contributed by atoms with Crippen LogP contribution in [0.1, 0.15) is 86.0 Å². The van der Waals surface area contributed by atoms with Crippen molar-refractivity contribution >= 4 is 11.9 Å². The molecule has 0 aromatic rings. The van der Waals surface area contributed by atoms with Crippen LogP contribution in [0.25, 0.3) is 0 Å². The Morgan fingerprint density at radius 2 is 1.56 bits per heavy atom. The van der Waals surface area contributed by atoms with Gasteiger partial charge in [0, 0.05) is 19.3 Å². The van der Waals surface area contributed by atoms with E-state index >= 15 is 0 Å². The molecule has 144 valence electrons. The van der Waals surface area contributed by atoms with Crippen LogP contribution in [0.2, 0.25) is 0 Å². The molecule has 1 unspecified atom stereocenters. The maximum Gasteiger partial charge on any atom is 0.307 e. The highest BCUT2D eigenvalue weighted by Crippen LogP contribution is 2.11. The van der Waals surface area contributed by atoms with Crippen LogP contribution in [-0.4, -0.2) is 24.6 Å². The second-order valence-electron chi connectivity index (χ2n) is 7.25. The van der Waals surface area contributed by atoms with Crippen molar-refractivity contribution < 1.29 is 19.1 Å². The van der Waals surface area contributed by atoms with Gasteiger partial charge in [-0.25, -0.2) is 0 Å². The number of hydrogen-bond acceptors (Lipinski definition) is 4. The molecular weight excluding hydrogens is 316 g/mol. The highest BCUT2D eigenvalue weighted by molar-refractivity contribution is 5.70. The van der Waals surface area contributed by atoms with Crippen LogP contribution in [-0.2, 0) is 19.1 Å². The smallest absolute Gasteiger partial charge is 0.307 e. The molecule has 0 saturated heterocycles. The van der Waals surface area contributed by atoms with Gasteiger partial charge in [0.25, 0.3) is 0 Å². The topological polar surface area (TPSA) is 52.6 Å². The Morgan fingerprint density at radius 1 is 0.920 bits per heavy atom. The number of esters is 2. The fourth-order valence-corrected chi connectivity index (χ4v) is 2.29. The maximum atomic E-state index is 11.9. The van der Waals surface area contributed by atoms with Crippen molar-refractivity contribution in [3.05, 3.63) is 0 Å². The van der Waals surface area contributed by atoms with Crippen molar-refractivity contribution in [2.24, 2.45) is 11.8 Å². The summed E-state index contributed by atoms with van der Waals surface area (Å²) in [4.78, 5) is 23.5. The van der Waals surface area contributed by atoms with Crippen molar-refractivity contribution in [1.29, 1.82) is 0 Å². The van der Waals surface area contributed by atoms with Crippen LogP contribution in [0.3, 0.4) is 0 Å². The van der Waals surface area contributed by atoms with Crippen LogP contribution in [0.5, 0.6) is 0 Å². The van der Waals surface area contributed by atoms with E-state index in [0.29, 0.717) is 44.1 Å². The Kier molecular flexibility index (Phi) is 13.9. The molecule has 0 radical (unpaired) electrons. The molecule has 0 heterocycles. The Balaban J connectivity index is 3.88. The third-order valence-electron chi connectivity index (χ3n) is 3.60. The predicted molar refractivity (Wildman–Crippen MR) is 101 cm³/mol. The van der Waals surface area contributed by atoms with Gasteiger partial charge in [-0.15, -0.1) is 0 Å². The minimum Gasteiger partial charge on any atom is -0.466 e. The van der Waals surface area contributed by atoms with Gasteiger partial charge >= 0.3 is 11.9 Å². The summed E-state index contributed by atoms with van der Waals surface area (Å²) in [7, 11) is 0. The Hall–Kier alpha value is -1.50. The molecule has 0 rings (SSSR count). The van der Waals surface area contributed by atoms with Crippen LogP contribution in [0.4, 0.5) is 0 Å². The lowest BCUT2D eigenvalue weighted by molar-refractivity contribution is -0.148. The van der Waals surface area contributed by atoms with E-state index in [9.17, 15) is 9.59 Å². The largest absolute Gasteiger partial charge is 0.466 e. The molecule has 0 aromatic heterocycles. The van der Waals surface area contributed by atoms with E-state index in [2.05, 4.69) is 39.5 Å². The zero-order valence-electron chi connectivity index (χ0n) is 16.7. The molecule has 25 heavy (non-hydrogen) atoms. The lowest BCUT2D eigenvalue weighted by Crippen LogP contribution is -2.18. The van der Waals surface area contributed by atoms with Crippen LogP contribution >= 0.6 is 0 Å². The predicted octanol–water partition coefficient (Wildman–Crippen LogP) is 4.90. The quantitative estimate of drug-likeness (QED) is 0.285. The molecule has 0 fully saturated rings. The molecule has 0 aromatic carbocycles. The number of carbonyl (C=O) groups excluding carboxylic acids is 2. The van der Waals surface area contributed by atoms with Crippen molar-refractivity contribution in [3.8, 4) is 11.8 Å². The molecule has 0 amide bonds.